The zero-order valence-corrected chi connectivity index (χ0v) is 16.8. The second kappa shape index (κ2) is 8.66. The van der Waals surface area contributed by atoms with Crippen molar-refractivity contribution in [2.75, 3.05) is 13.1 Å². The molecule has 0 spiro atoms. The Morgan fingerprint density at radius 3 is 2.83 bits per heavy atom. The minimum Gasteiger partial charge on any atom is -0.356 e. The van der Waals surface area contributed by atoms with Crippen LogP contribution in [0.4, 0.5) is 0 Å². The van der Waals surface area contributed by atoms with Crippen LogP contribution in [0, 0.1) is 5.92 Å². The molecular formula is C22H23ClN4O2. The number of benzene rings is 2. The normalized spacial score (nSPS) is 16.5. The van der Waals surface area contributed by atoms with Gasteiger partial charge in [0.1, 0.15) is 0 Å². The third-order valence-electron chi connectivity index (χ3n) is 5.31. The minimum absolute atomic E-state index is 0.00467. The maximum atomic E-state index is 12.5. The van der Waals surface area contributed by atoms with Crippen molar-refractivity contribution in [2.24, 2.45) is 5.92 Å². The fraction of sp³-hybridized carbons (Fsp3) is 0.318. The molecule has 1 saturated heterocycles. The monoisotopic (exact) mass is 410 g/mol. The lowest BCUT2D eigenvalue weighted by Gasteiger charge is -2.17. The Labute approximate surface area is 174 Å². The van der Waals surface area contributed by atoms with Crippen LogP contribution in [0.1, 0.15) is 18.4 Å². The molecule has 1 unspecified atom stereocenters. The quantitative estimate of drug-likeness (QED) is 0.608. The largest absolute Gasteiger partial charge is 0.356 e. The van der Waals surface area contributed by atoms with E-state index >= 15 is 0 Å². The number of fused-ring (bicyclic) bond motifs is 1. The molecule has 0 aliphatic carbocycles. The fourth-order valence-electron chi connectivity index (χ4n) is 3.73. The van der Waals surface area contributed by atoms with Crippen LogP contribution in [0.2, 0.25) is 5.02 Å². The Bertz CT molecular complexity index is 1030. The van der Waals surface area contributed by atoms with Crippen molar-refractivity contribution in [3.8, 4) is 0 Å². The molecule has 0 bridgehead atoms. The van der Waals surface area contributed by atoms with Crippen LogP contribution < -0.4 is 5.32 Å². The van der Waals surface area contributed by atoms with Crippen molar-refractivity contribution in [3.63, 3.8) is 0 Å². The first-order valence-electron chi connectivity index (χ1n) is 9.80. The summed E-state index contributed by atoms with van der Waals surface area (Å²) < 4.78 is 2.09. The number of likely N-dealkylation sites (tertiary alicyclic amines) is 1. The lowest BCUT2D eigenvalue weighted by molar-refractivity contribution is -0.129. The van der Waals surface area contributed by atoms with Crippen molar-refractivity contribution in [2.45, 2.75) is 25.9 Å². The highest BCUT2D eigenvalue weighted by molar-refractivity contribution is 6.31. The lowest BCUT2D eigenvalue weighted by Crippen LogP contribution is -2.33. The molecule has 2 aromatic carbocycles. The molecule has 1 N–H and O–H groups in total. The number of rotatable bonds is 7. The van der Waals surface area contributed by atoms with Crippen LogP contribution >= 0.6 is 11.6 Å². The number of carbonyl (C=O) groups excluding carboxylic acids is 2. The third-order valence-corrected chi connectivity index (χ3v) is 5.68. The molecule has 1 aliphatic heterocycles. The van der Waals surface area contributed by atoms with E-state index in [0.717, 1.165) is 29.6 Å². The van der Waals surface area contributed by atoms with Crippen LogP contribution in [0.15, 0.2) is 54.9 Å². The molecule has 7 heteroatoms. The van der Waals surface area contributed by atoms with E-state index in [4.69, 9.17) is 11.6 Å². The Morgan fingerprint density at radius 1 is 1.17 bits per heavy atom. The summed E-state index contributed by atoms with van der Waals surface area (Å²) in [6.45, 7) is 2.22. The first-order valence-corrected chi connectivity index (χ1v) is 10.2. The molecule has 2 heterocycles. The van der Waals surface area contributed by atoms with Crippen molar-refractivity contribution >= 4 is 34.4 Å². The minimum atomic E-state index is -0.306. The number of hydrogen-bond donors (Lipinski definition) is 1. The number of halogens is 1. The van der Waals surface area contributed by atoms with Gasteiger partial charge >= 0.3 is 0 Å². The SMILES string of the molecule is O=C(NCCCn1cnc2ccccc21)C1CC(=O)N(Cc2ccccc2Cl)C1. The summed E-state index contributed by atoms with van der Waals surface area (Å²) in [7, 11) is 0. The van der Waals surface area contributed by atoms with Crippen LogP contribution in [0.5, 0.6) is 0 Å². The van der Waals surface area contributed by atoms with Gasteiger partial charge in [-0.2, -0.15) is 0 Å². The molecule has 29 heavy (non-hydrogen) atoms. The molecule has 1 aliphatic rings. The van der Waals surface area contributed by atoms with Crippen LogP contribution in [0.25, 0.3) is 11.0 Å². The van der Waals surface area contributed by atoms with E-state index in [1.165, 1.54) is 0 Å². The number of hydrogen-bond acceptors (Lipinski definition) is 3. The average Bonchev–Trinajstić information content (AvgIpc) is 3.31. The lowest BCUT2D eigenvalue weighted by atomic mass is 10.1. The summed E-state index contributed by atoms with van der Waals surface area (Å²) in [4.78, 5) is 30.9. The number of aromatic nitrogens is 2. The maximum absolute atomic E-state index is 12.5. The van der Waals surface area contributed by atoms with E-state index in [2.05, 4.69) is 14.9 Å². The van der Waals surface area contributed by atoms with E-state index in [9.17, 15) is 9.59 Å². The van der Waals surface area contributed by atoms with Gasteiger partial charge in [0.05, 0.1) is 23.3 Å². The van der Waals surface area contributed by atoms with Gasteiger partial charge in [-0.05, 0) is 30.2 Å². The van der Waals surface area contributed by atoms with Gasteiger partial charge < -0.3 is 14.8 Å². The number of aryl methyl sites for hydroxylation is 1. The van der Waals surface area contributed by atoms with Crippen molar-refractivity contribution < 1.29 is 9.59 Å². The smallest absolute Gasteiger partial charge is 0.225 e. The van der Waals surface area contributed by atoms with E-state index in [0.29, 0.717) is 24.7 Å². The van der Waals surface area contributed by atoms with Gasteiger partial charge in [-0.3, -0.25) is 9.59 Å². The van der Waals surface area contributed by atoms with E-state index < -0.39 is 0 Å². The van der Waals surface area contributed by atoms with Crippen LogP contribution in [-0.2, 0) is 22.7 Å². The molecule has 4 rings (SSSR count). The summed E-state index contributed by atoms with van der Waals surface area (Å²) in [6, 6.07) is 15.5. The van der Waals surface area contributed by atoms with E-state index in [1.54, 1.807) is 4.90 Å². The molecular weight excluding hydrogens is 388 g/mol. The highest BCUT2D eigenvalue weighted by atomic mass is 35.5. The van der Waals surface area contributed by atoms with Gasteiger partial charge in [-0.1, -0.05) is 41.9 Å². The number of amides is 2. The molecule has 0 radical (unpaired) electrons. The number of imidazole rings is 1. The van der Waals surface area contributed by atoms with Crippen molar-refractivity contribution in [3.05, 3.63) is 65.4 Å². The summed E-state index contributed by atoms with van der Waals surface area (Å²) >= 11 is 6.19. The Balaban J connectivity index is 1.25. The standard InChI is InChI=1S/C22H23ClN4O2/c23-18-7-2-1-6-16(18)13-27-14-17(12-21(27)28)22(29)24-10-5-11-26-15-25-19-8-3-4-9-20(19)26/h1-4,6-9,15,17H,5,10-14H2,(H,24,29). The second-order valence-corrected chi connectivity index (χ2v) is 7.75. The zero-order chi connectivity index (χ0) is 20.2. The summed E-state index contributed by atoms with van der Waals surface area (Å²) in [5, 5.41) is 3.61. The van der Waals surface area contributed by atoms with E-state index in [-0.39, 0.29) is 24.2 Å². The molecule has 0 saturated carbocycles. The molecule has 1 aromatic heterocycles. The summed E-state index contributed by atoms with van der Waals surface area (Å²) in [6.07, 6.45) is 2.88. The van der Waals surface area contributed by atoms with Gasteiger partial charge in [0.2, 0.25) is 11.8 Å². The van der Waals surface area contributed by atoms with Gasteiger partial charge in [-0.15, -0.1) is 0 Å². The fourth-order valence-corrected chi connectivity index (χ4v) is 3.92. The first-order chi connectivity index (χ1) is 14.1. The molecule has 6 nitrogen and oxygen atoms in total. The van der Waals surface area contributed by atoms with Gasteiger partial charge in [0.25, 0.3) is 0 Å². The van der Waals surface area contributed by atoms with Gasteiger partial charge in [0.15, 0.2) is 0 Å². The van der Waals surface area contributed by atoms with Crippen molar-refractivity contribution in [1.82, 2.24) is 19.8 Å². The number of nitrogens with one attached hydrogen (secondary N) is 1. The molecule has 150 valence electrons. The third kappa shape index (κ3) is 4.43. The Hall–Kier alpha value is -2.86. The Morgan fingerprint density at radius 2 is 1.97 bits per heavy atom. The maximum Gasteiger partial charge on any atom is 0.225 e. The topological polar surface area (TPSA) is 67.2 Å². The predicted octanol–water partition coefficient (Wildman–Crippen LogP) is 3.24. The van der Waals surface area contributed by atoms with Gasteiger partial charge in [-0.25, -0.2) is 4.98 Å². The second-order valence-electron chi connectivity index (χ2n) is 7.34. The average molecular weight is 411 g/mol. The highest BCUT2D eigenvalue weighted by Gasteiger charge is 2.34. The Kier molecular flexibility index (Phi) is 5.81. The van der Waals surface area contributed by atoms with E-state index in [1.807, 2.05) is 54.9 Å². The summed E-state index contributed by atoms with van der Waals surface area (Å²) in [5.41, 5.74) is 2.96. The van der Waals surface area contributed by atoms with Gasteiger partial charge in [0, 0.05) is 37.6 Å². The molecule has 1 fully saturated rings. The van der Waals surface area contributed by atoms with Crippen molar-refractivity contribution in [1.29, 1.82) is 0 Å². The number of carbonyl (C=O) groups is 2. The van der Waals surface area contributed by atoms with Crippen LogP contribution in [0.3, 0.4) is 0 Å². The predicted molar refractivity (Wildman–Crippen MR) is 112 cm³/mol. The zero-order valence-electron chi connectivity index (χ0n) is 16.1. The molecule has 1 atom stereocenters. The summed E-state index contributed by atoms with van der Waals surface area (Å²) in [5.74, 6) is -0.371. The molecule has 2 amide bonds. The first kappa shape index (κ1) is 19.5. The van der Waals surface area contributed by atoms with Crippen LogP contribution in [-0.4, -0.2) is 39.4 Å². The number of para-hydroxylation sites is 2. The highest BCUT2D eigenvalue weighted by Crippen LogP contribution is 2.23. The molecule has 3 aromatic rings. The number of nitrogens with zero attached hydrogens (tertiary/aromatic N) is 3.